The number of hydrogen-bond donors (Lipinski definition) is 0. The van der Waals surface area contributed by atoms with Crippen LogP contribution in [0.25, 0.3) is 11.4 Å². The van der Waals surface area contributed by atoms with E-state index in [-0.39, 0.29) is 11.6 Å². The van der Waals surface area contributed by atoms with Gasteiger partial charge in [-0.25, -0.2) is 4.39 Å². The van der Waals surface area contributed by atoms with Gasteiger partial charge in [-0.05, 0) is 12.5 Å². The van der Waals surface area contributed by atoms with Crippen LogP contribution in [-0.4, -0.2) is 19.7 Å². The molecule has 8 heteroatoms. The summed E-state index contributed by atoms with van der Waals surface area (Å²) in [4.78, 5) is 10.1. The Morgan fingerprint density at radius 3 is 2.75 bits per heavy atom. The van der Waals surface area contributed by atoms with E-state index in [0.717, 1.165) is 12.5 Å². The molecule has 0 fully saturated rings. The fraction of sp³-hybridized carbons (Fsp3) is 0.333. The van der Waals surface area contributed by atoms with Crippen LogP contribution < -0.4 is 0 Å². The molecule has 1 aromatic heterocycles. The van der Waals surface area contributed by atoms with E-state index in [1.807, 2.05) is 6.92 Å². The molecular weight excluding hydrogens is 287 g/mol. The fourth-order valence-electron chi connectivity index (χ4n) is 1.91. The van der Waals surface area contributed by atoms with Crippen LogP contribution in [0, 0.1) is 15.9 Å². The van der Waals surface area contributed by atoms with Crippen LogP contribution >= 0.6 is 11.6 Å². The maximum absolute atomic E-state index is 13.5. The molecule has 1 aromatic carbocycles. The molecule has 0 aliphatic carbocycles. The van der Waals surface area contributed by atoms with Crippen molar-refractivity contribution in [2.24, 2.45) is 0 Å². The topological polar surface area (TPSA) is 73.8 Å². The summed E-state index contributed by atoms with van der Waals surface area (Å²) < 4.78 is 15.2. The lowest BCUT2D eigenvalue weighted by Gasteiger charge is -2.07. The molecular formula is C12H12ClFN4O2. The molecule has 2 aromatic rings. The Balaban J connectivity index is 2.56. The van der Waals surface area contributed by atoms with Crippen molar-refractivity contribution in [3.63, 3.8) is 0 Å². The van der Waals surface area contributed by atoms with Crippen molar-refractivity contribution in [2.45, 2.75) is 25.8 Å². The van der Waals surface area contributed by atoms with E-state index in [2.05, 4.69) is 10.2 Å². The summed E-state index contributed by atoms with van der Waals surface area (Å²) in [6.07, 6.45) is 0.812. The van der Waals surface area contributed by atoms with Gasteiger partial charge in [0.1, 0.15) is 11.6 Å². The first-order valence-electron chi connectivity index (χ1n) is 6.00. The highest BCUT2D eigenvalue weighted by molar-refractivity contribution is 6.16. The summed E-state index contributed by atoms with van der Waals surface area (Å²) in [6, 6.07) is 3.34. The maximum atomic E-state index is 13.5. The van der Waals surface area contributed by atoms with Crippen LogP contribution in [0.1, 0.15) is 19.2 Å². The smallest absolute Gasteiger partial charge is 0.273 e. The molecule has 0 unspecified atom stereocenters. The first kappa shape index (κ1) is 14.4. The molecule has 0 atom stereocenters. The molecule has 2 rings (SSSR count). The van der Waals surface area contributed by atoms with Crippen molar-refractivity contribution in [1.29, 1.82) is 0 Å². The van der Waals surface area contributed by atoms with E-state index >= 15 is 0 Å². The van der Waals surface area contributed by atoms with Gasteiger partial charge < -0.3 is 4.57 Å². The highest BCUT2D eigenvalue weighted by Gasteiger charge is 2.17. The largest absolute Gasteiger partial charge is 0.310 e. The third kappa shape index (κ3) is 2.77. The van der Waals surface area contributed by atoms with E-state index in [1.165, 1.54) is 12.1 Å². The third-order valence-corrected chi connectivity index (χ3v) is 2.98. The molecule has 106 valence electrons. The lowest BCUT2D eigenvalue weighted by Crippen LogP contribution is -2.04. The van der Waals surface area contributed by atoms with Crippen molar-refractivity contribution in [2.75, 3.05) is 0 Å². The molecule has 6 nitrogen and oxygen atoms in total. The SMILES string of the molecule is CCCn1c(CCl)nnc1-c1cc(F)cc([N+](=O)[O-])c1. The molecule has 0 aliphatic heterocycles. The number of alkyl halides is 1. The first-order chi connectivity index (χ1) is 9.56. The number of rotatable bonds is 5. The fourth-order valence-corrected chi connectivity index (χ4v) is 2.11. The zero-order valence-electron chi connectivity index (χ0n) is 10.7. The van der Waals surface area contributed by atoms with Crippen LogP contribution in [0.2, 0.25) is 0 Å². The Hall–Kier alpha value is -2.02. The number of nitrogens with zero attached hydrogens (tertiary/aromatic N) is 4. The van der Waals surface area contributed by atoms with Crippen molar-refractivity contribution in [3.8, 4) is 11.4 Å². The molecule has 0 N–H and O–H groups in total. The quantitative estimate of drug-likeness (QED) is 0.483. The third-order valence-electron chi connectivity index (χ3n) is 2.75. The average Bonchev–Trinajstić information content (AvgIpc) is 2.81. The van der Waals surface area contributed by atoms with Gasteiger partial charge in [-0.1, -0.05) is 6.92 Å². The van der Waals surface area contributed by atoms with Crippen molar-refractivity contribution >= 4 is 17.3 Å². The number of benzene rings is 1. The Labute approximate surface area is 119 Å². The molecule has 0 amide bonds. The lowest BCUT2D eigenvalue weighted by atomic mass is 10.2. The second kappa shape index (κ2) is 5.96. The van der Waals surface area contributed by atoms with E-state index < -0.39 is 10.7 Å². The van der Waals surface area contributed by atoms with Gasteiger partial charge in [-0.15, -0.1) is 21.8 Å². The van der Waals surface area contributed by atoms with Gasteiger partial charge in [-0.3, -0.25) is 10.1 Å². The van der Waals surface area contributed by atoms with Crippen LogP contribution in [0.5, 0.6) is 0 Å². The number of non-ortho nitro benzene ring substituents is 1. The molecule has 0 saturated heterocycles. The molecule has 0 radical (unpaired) electrons. The second-order valence-corrected chi connectivity index (χ2v) is 4.45. The average molecular weight is 299 g/mol. The Bertz CT molecular complexity index is 644. The van der Waals surface area contributed by atoms with Gasteiger partial charge in [-0.2, -0.15) is 0 Å². The summed E-state index contributed by atoms with van der Waals surface area (Å²) in [5.74, 6) is 0.415. The summed E-state index contributed by atoms with van der Waals surface area (Å²) in [6.45, 7) is 2.57. The zero-order valence-corrected chi connectivity index (χ0v) is 11.5. The Morgan fingerprint density at radius 2 is 2.15 bits per heavy atom. The first-order valence-corrected chi connectivity index (χ1v) is 6.53. The van der Waals surface area contributed by atoms with Crippen LogP contribution in [0.15, 0.2) is 18.2 Å². The summed E-state index contributed by atoms with van der Waals surface area (Å²) >= 11 is 5.78. The monoisotopic (exact) mass is 298 g/mol. The predicted octanol–water partition coefficient (Wildman–Crippen LogP) is 3.14. The maximum Gasteiger partial charge on any atom is 0.273 e. The van der Waals surface area contributed by atoms with Crippen LogP contribution in [0.3, 0.4) is 0 Å². The van der Waals surface area contributed by atoms with Crippen molar-refractivity contribution in [1.82, 2.24) is 14.8 Å². The Morgan fingerprint density at radius 1 is 1.40 bits per heavy atom. The number of halogens is 2. The van der Waals surface area contributed by atoms with Crippen molar-refractivity contribution < 1.29 is 9.31 Å². The highest BCUT2D eigenvalue weighted by Crippen LogP contribution is 2.25. The molecule has 0 aliphatic rings. The second-order valence-electron chi connectivity index (χ2n) is 4.18. The van der Waals surface area contributed by atoms with Gasteiger partial charge in [0.05, 0.1) is 16.9 Å². The minimum absolute atomic E-state index is 0.171. The number of nitro benzene ring substituents is 1. The molecule has 20 heavy (non-hydrogen) atoms. The van der Waals surface area contributed by atoms with E-state index in [1.54, 1.807) is 4.57 Å². The predicted molar refractivity (Wildman–Crippen MR) is 71.9 cm³/mol. The minimum Gasteiger partial charge on any atom is -0.310 e. The van der Waals surface area contributed by atoms with Crippen LogP contribution in [-0.2, 0) is 12.4 Å². The van der Waals surface area contributed by atoms with Crippen LogP contribution in [0.4, 0.5) is 10.1 Å². The zero-order chi connectivity index (χ0) is 14.7. The van der Waals surface area contributed by atoms with Gasteiger partial charge in [0, 0.05) is 18.2 Å². The number of nitro groups is 1. The van der Waals surface area contributed by atoms with Gasteiger partial charge in [0.2, 0.25) is 0 Å². The number of hydrogen-bond acceptors (Lipinski definition) is 4. The van der Waals surface area contributed by atoms with E-state index in [9.17, 15) is 14.5 Å². The van der Waals surface area contributed by atoms with E-state index in [4.69, 9.17) is 11.6 Å². The standard InChI is InChI=1S/C12H12ClFN4O2/c1-2-3-17-11(7-13)15-16-12(17)8-4-9(14)6-10(5-8)18(19)20/h4-6H,2-3,7H2,1H3. The lowest BCUT2D eigenvalue weighted by molar-refractivity contribution is -0.385. The van der Waals surface area contributed by atoms with Crippen molar-refractivity contribution in [3.05, 3.63) is 40.0 Å². The Kier molecular flexibility index (Phi) is 4.29. The summed E-state index contributed by atoms with van der Waals surface area (Å²) in [5, 5.41) is 18.7. The van der Waals surface area contributed by atoms with Gasteiger partial charge in [0.15, 0.2) is 5.82 Å². The minimum atomic E-state index is -0.687. The number of aromatic nitrogens is 3. The molecule has 0 spiro atoms. The molecule has 1 heterocycles. The van der Waals surface area contributed by atoms with Gasteiger partial charge in [0.25, 0.3) is 5.69 Å². The highest BCUT2D eigenvalue weighted by atomic mass is 35.5. The van der Waals surface area contributed by atoms with Gasteiger partial charge >= 0.3 is 0 Å². The normalized spacial score (nSPS) is 10.8. The van der Waals surface area contributed by atoms with E-state index in [0.29, 0.717) is 23.8 Å². The molecule has 0 bridgehead atoms. The summed E-state index contributed by atoms with van der Waals surface area (Å²) in [7, 11) is 0. The summed E-state index contributed by atoms with van der Waals surface area (Å²) in [5.41, 5.74) is -0.00695. The molecule has 0 saturated carbocycles.